The average Bonchev–Trinajstić information content (AvgIpc) is 2.66. The maximum absolute atomic E-state index is 5.93. The number of rotatable bonds is 7. The minimum atomic E-state index is 0.431. The van der Waals surface area contributed by atoms with Crippen molar-refractivity contribution in [3.63, 3.8) is 0 Å². The summed E-state index contributed by atoms with van der Waals surface area (Å²) in [7, 11) is 1.66. The van der Waals surface area contributed by atoms with Gasteiger partial charge in [-0.1, -0.05) is 12.1 Å². The first-order valence-corrected chi connectivity index (χ1v) is 8.35. The average molecular weight is 328 g/mol. The molecule has 1 unspecified atom stereocenters. The summed E-state index contributed by atoms with van der Waals surface area (Å²) in [6.07, 6.45) is 5.85. The first-order chi connectivity index (χ1) is 11.8. The van der Waals surface area contributed by atoms with Crippen LogP contribution in [0.25, 0.3) is 0 Å². The van der Waals surface area contributed by atoms with Crippen molar-refractivity contribution < 1.29 is 14.2 Å². The van der Waals surface area contributed by atoms with Crippen LogP contribution in [0.3, 0.4) is 0 Å². The molecule has 1 saturated heterocycles. The Kier molecular flexibility index (Phi) is 6.04. The minimum Gasteiger partial charge on any atom is -0.493 e. The number of methoxy groups -OCH3 is 1. The van der Waals surface area contributed by atoms with Crippen molar-refractivity contribution in [2.45, 2.75) is 32.0 Å². The highest BCUT2D eigenvalue weighted by atomic mass is 16.5. The van der Waals surface area contributed by atoms with Gasteiger partial charge in [0.1, 0.15) is 6.61 Å². The molecule has 5 heteroatoms. The molecule has 2 aromatic rings. The molecule has 1 aromatic carbocycles. The molecule has 1 aliphatic rings. The van der Waals surface area contributed by atoms with E-state index in [-0.39, 0.29) is 0 Å². The second-order valence-electron chi connectivity index (χ2n) is 5.93. The molecule has 0 amide bonds. The van der Waals surface area contributed by atoms with Crippen LogP contribution in [0.5, 0.6) is 11.5 Å². The number of hydrogen-bond acceptors (Lipinski definition) is 5. The Balaban J connectivity index is 1.61. The smallest absolute Gasteiger partial charge is 0.161 e. The van der Waals surface area contributed by atoms with Crippen molar-refractivity contribution in [3.05, 3.63) is 53.9 Å². The van der Waals surface area contributed by atoms with Crippen molar-refractivity contribution in [3.8, 4) is 11.5 Å². The van der Waals surface area contributed by atoms with Crippen LogP contribution in [0.1, 0.15) is 24.0 Å². The van der Waals surface area contributed by atoms with Crippen LogP contribution in [-0.4, -0.2) is 31.3 Å². The van der Waals surface area contributed by atoms with Crippen molar-refractivity contribution in [2.75, 3.05) is 20.3 Å². The van der Waals surface area contributed by atoms with Gasteiger partial charge in [-0.2, -0.15) is 0 Å². The van der Waals surface area contributed by atoms with E-state index in [1.54, 1.807) is 19.5 Å². The summed E-state index contributed by atoms with van der Waals surface area (Å²) < 4.78 is 16.8. The van der Waals surface area contributed by atoms with Crippen molar-refractivity contribution in [1.29, 1.82) is 0 Å². The second-order valence-corrected chi connectivity index (χ2v) is 5.93. The fourth-order valence-electron chi connectivity index (χ4n) is 2.75. The molecule has 0 radical (unpaired) electrons. The zero-order chi connectivity index (χ0) is 16.6. The van der Waals surface area contributed by atoms with Crippen LogP contribution >= 0.6 is 0 Å². The monoisotopic (exact) mass is 328 g/mol. The van der Waals surface area contributed by atoms with Crippen LogP contribution in [0.15, 0.2) is 42.7 Å². The number of aromatic nitrogens is 1. The molecule has 0 aliphatic carbocycles. The van der Waals surface area contributed by atoms with Crippen molar-refractivity contribution >= 4 is 0 Å². The van der Waals surface area contributed by atoms with Crippen LogP contribution in [0.2, 0.25) is 0 Å². The largest absolute Gasteiger partial charge is 0.493 e. The molecule has 1 N–H and O–H groups in total. The summed E-state index contributed by atoms with van der Waals surface area (Å²) in [6.45, 7) is 2.94. The van der Waals surface area contributed by atoms with Gasteiger partial charge in [0, 0.05) is 37.2 Å². The van der Waals surface area contributed by atoms with Gasteiger partial charge in [0.25, 0.3) is 0 Å². The number of hydrogen-bond donors (Lipinski definition) is 1. The quantitative estimate of drug-likeness (QED) is 0.847. The third kappa shape index (κ3) is 4.69. The molecular formula is C19H24N2O3. The highest BCUT2D eigenvalue weighted by Crippen LogP contribution is 2.29. The standard InChI is InChI=1S/C19H24N2O3/c1-22-18-7-6-15(12-21-17-5-3-9-23-14-17)10-19(18)24-13-16-4-2-8-20-11-16/h2,4,6-8,10-11,17,21H,3,5,9,12-14H2,1H3. The van der Waals surface area contributed by atoms with E-state index < -0.39 is 0 Å². The van der Waals surface area contributed by atoms with Gasteiger partial charge in [-0.25, -0.2) is 0 Å². The van der Waals surface area contributed by atoms with E-state index in [1.165, 1.54) is 12.0 Å². The van der Waals surface area contributed by atoms with Gasteiger partial charge in [0.2, 0.25) is 0 Å². The molecule has 1 aliphatic heterocycles. The molecule has 3 rings (SSSR count). The van der Waals surface area contributed by atoms with E-state index >= 15 is 0 Å². The molecule has 1 aromatic heterocycles. The molecule has 0 bridgehead atoms. The lowest BCUT2D eigenvalue weighted by Gasteiger charge is -2.23. The van der Waals surface area contributed by atoms with Crippen LogP contribution < -0.4 is 14.8 Å². The van der Waals surface area contributed by atoms with Gasteiger partial charge in [-0.3, -0.25) is 4.98 Å². The molecule has 1 fully saturated rings. The zero-order valence-corrected chi connectivity index (χ0v) is 14.0. The summed E-state index contributed by atoms with van der Waals surface area (Å²) in [5, 5.41) is 3.54. The lowest BCUT2D eigenvalue weighted by molar-refractivity contribution is 0.0699. The number of pyridine rings is 1. The summed E-state index contributed by atoms with van der Waals surface area (Å²) in [4.78, 5) is 4.11. The Labute approximate surface area is 143 Å². The van der Waals surface area contributed by atoms with Gasteiger partial charge < -0.3 is 19.5 Å². The molecule has 0 saturated carbocycles. The van der Waals surface area contributed by atoms with Gasteiger partial charge >= 0.3 is 0 Å². The topological polar surface area (TPSA) is 52.6 Å². The van der Waals surface area contributed by atoms with Gasteiger partial charge in [-0.05, 0) is 36.6 Å². The number of nitrogens with zero attached hydrogens (tertiary/aromatic N) is 1. The molecule has 5 nitrogen and oxygen atoms in total. The summed E-state index contributed by atoms with van der Waals surface area (Å²) in [6, 6.07) is 10.4. The van der Waals surface area contributed by atoms with Crippen LogP contribution in [-0.2, 0) is 17.9 Å². The molecule has 24 heavy (non-hydrogen) atoms. The predicted octanol–water partition coefficient (Wildman–Crippen LogP) is 2.94. The van der Waals surface area contributed by atoms with E-state index in [2.05, 4.69) is 16.4 Å². The SMILES string of the molecule is COc1ccc(CNC2CCCOC2)cc1OCc1cccnc1. The minimum absolute atomic E-state index is 0.431. The third-order valence-corrected chi connectivity index (χ3v) is 4.10. The molecule has 1 atom stereocenters. The number of ether oxygens (including phenoxy) is 3. The number of benzene rings is 1. The first kappa shape index (κ1) is 16.7. The Morgan fingerprint density at radius 1 is 1.25 bits per heavy atom. The molecule has 2 heterocycles. The summed E-state index contributed by atoms with van der Waals surface area (Å²) in [5.41, 5.74) is 2.20. The van der Waals surface area contributed by atoms with E-state index in [9.17, 15) is 0 Å². The van der Waals surface area contributed by atoms with Crippen molar-refractivity contribution in [1.82, 2.24) is 10.3 Å². The maximum atomic E-state index is 5.93. The lowest BCUT2D eigenvalue weighted by atomic mass is 10.1. The Hall–Kier alpha value is -2.11. The van der Waals surface area contributed by atoms with Crippen LogP contribution in [0, 0.1) is 0 Å². The maximum Gasteiger partial charge on any atom is 0.161 e. The van der Waals surface area contributed by atoms with Gasteiger partial charge in [0.05, 0.1) is 13.7 Å². The Morgan fingerprint density at radius 3 is 2.96 bits per heavy atom. The third-order valence-electron chi connectivity index (χ3n) is 4.10. The zero-order valence-electron chi connectivity index (χ0n) is 14.0. The van der Waals surface area contributed by atoms with E-state index in [0.29, 0.717) is 12.6 Å². The summed E-state index contributed by atoms with van der Waals surface area (Å²) >= 11 is 0. The number of nitrogens with one attached hydrogen (secondary N) is 1. The fraction of sp³-hybridized carbons (Fsp3) is 0.421. The van der Waals surface area contributed by atoms with Crippen LogP contribution in [0.4, 0.5) is 0 Å². The second kappa shape index (κ2) is 8.66. The Bertz CT molecular complexity index is 628. The Morgan fingerprint density at radius 2 is 2.21 bits per heavy atom. The van der Waals surface area contributed by atoms with E-state index in [1.807, 2.05) is 24.3 Å². The highest BCUT2D eigenvalue weighted by Gasteiger charge is 2.13. The van der Waals surface area contributed by atoms with E-state index in [0.717, 1.165) is 43.2 Å². The van der Waals surface area contributed by atoms with Gasteiger partial charge in [-0.15, -0.1) is 0 Å². The van der Waals surface area contributed by atoms with Crippen molar-refractivity contribution in [2.24, 2.45) is 0 Å². The normalized spacial score (nSPS) is 17.5. The molecule has 128 valence electrons. The predicted molar refractivity (Wildman–Crippen MR) is 92.2 cm³/mol. The molecular weight excluding hydrogens is 304 g/mol. The summed E-state index contributed by atoms with van der Waals surface area (Å²) in [5.74, 6) is 1.49. The fourth-order valence-corrected chi connectivity index (χ4v) is 2.75. The first-order valence-electron chi connectivity index (χ1n) is 8.35. The lowest BCUT2D eigenvalue weighted by Crippen LogP contribution is -2.36. The van der Waals surface area contributed by atoms with E-state index in [4.69, 9.17) is 14.2 Å². The highest BCUT2D eigenvalue weighted by molar-refractivity contribution is 5.43. The van der Waals surface area contributed by atoms with Gasteiger partial charge in [0.15, 0.2) is 11.5 Å². The molecule has 0 spiro atoms.